The number of ether oxygens (including phenoxy) is 1. The van der Waals surface area contributed by atoms with Gasteiger partial charge in [-0.25, -0.2) is 9.18 Å². The Morgan fingerprint density at radius 3 is 2.57 bits per heavy atom. The van der Waals surface area contributed by atoms with Crippen molar-refractivity contribution in [3.05, 3.63) is 47.8 Å². The van der Waals surface area contributed by atoms with Crippen LogP contribution < -0.4 is 10.6 Å². The van der Waals surface area contributed by atoms with E-state index in [-0.39, 0.29) is 11.7 Å². The van der Waals surface area contributed by atoms with E-state index in [0.717, 1.165) is 5.56 Å². The van der Waals surface area contributed by atoms with Crippen LogP contribution in [0.5, 0.6) is 0 Å². The van der Waals surface area contributed by atoms with E-state index in [1.54, 1.807) is 31.2 Å². The molecule has 2 aromatic carbocycles. The smallest absolute Gasteiger partial charge is 0.337 e. The van der Waals surface area contributed by atoms with E-state index in [9.17, 15) is 14.0 Å². The van der Waals surface area contributed by atoms with Gasteiger partial charge in [0.2, 0.25) is 5.91 Å². The highest BCUT2D eigenvalue weighted by Crippen LogP contribution is 2.38. The van der Waals surface area contributed by atoms with Crippen molar-refractivity contribution < 1.29 is 18.7 Å². The van der Waals surface area contributed by atoms with E-state index in [1.807, 2.05) is 0 Å². The van der Waals surface area contributed by atoms with Crippen LogP contribution in [0.2, 0.25) is 0 Å². The van der Waals surface area contributed by atoms with Gasteiger partial charge in [0.25, 0.3) is 0 Å². The van der Waals surface area contributed by atoms with Gasteiger partial charge in [0.1, 0.15) is 11.9 Å². The molecule has 0 saturated heterocycles. The number of esters is 1. The van der Waals surface area contributed by atoms with Crippen LogP contribution in [0.4, 0.5) is 15.8 Å². The number of methoxy groups -OCH3 is 1. The molecule has 2 N–H and O–H groups in total. The minimum absolute atomic E-state index is 0.190. The number of anilines is 2. The van der Waals surface area contributed by atoms with Crippen LogP contribution in [0.15, 0.2) is 36.4 Å². The van der Waals surface area contributed by atoms with Crippen molar-refractivity contribution in [2.45, 2.75) is 13.0 Å². The number of rotatable bonds is 2. The van der Waals surface area contributed by atoms with Gasteiger partial charge in [0, 0.05) is 5.56 Å². The Morgan fingerprint density at radius 2 is 1.91 bits per heavy atom. The monoisotopic (exact) mass is 314 g/mol. The Bertz CT molecular complexity index is 787. The van der Waals surface area contributed by atoms with Crippen LogP contribution in [0, 0.1) is 5.82 Å². The molecule has 1 aliphatic rings. The third-order valence-electron chi connectivity index (χ3n) is 3.73. The number of benzene rings is 2. The van der Waals surface area contributed by atoms with E-state index in [1.165, 1.54) is 19.2 Å². The van der Waals surface area contributed by atoms with Crippen LogP contribution in [-0.4, -0.2) is 25.0 Å². The molecule has 0 aromatic heterocycles. The molecule has 0 bridgehead atoms. The maximum Gasteiger partial charge on any atom is 0.337 e. The molecule has 0 fully saturated rings. The van der Waals surface area contributed by atoms with Gasteiger partial charge in [-0.1, -0.05) is 12.1 Å². The normalized spacial score (nSPS) is 16.1. The summed E-state index contributed by atoms with van der Waals surface area (Å²) in [6.07, 6.45) is 0. The van der Waals surface area contributed by atoms with Crippen molar-refractivity contribution in [1.29, 1.82) is 0 Å². The second-order valence-corrected chi connectivity index (χ2v) is 5.30. The summed E-state index contributed by atoms with van der Waals surface area (Å²) in [6.45, 7) is 1.74. The van der Waals surface area contributed by atoms with Gasteiger partial charge in [0.15, 0.2) is 0 Å². The lowest BCUT2D eigenvalue weighted by Crippen LogP contribution is -2.36. The minimum atomic E-state index is -0.510. The standard InChI is InChI=1S/C17H15FN2O3/c1-9-16(21)20-14-8-11(17(22)23-2)7-13(15(14)19-9)10-3-5-12(18)6-4-10/h3-9,19H,1-2H3,(H,20,21). The van der Waals surface area contributed by atoms with Crippen molar-refractivity contribution in [2.75, 3.05) is 17.7 Å². The predicted molar refractivity (Wildman–Crippen MR) is 84.9 cm³/mol. The first-order chi connectivity index (χ1) is 11.0. The fraction of sp³-hybridized carbons (Fsp3) is 0.176. The number of halogens is 1. The molecule has 2 aromatic rings. The van der Waals surface area contributed by atoms with Gasteiger partial charge in [-0.3, -0.25) is 4.79 Å². The molecule has 5 nitrogen and oxygen atoms in total. The van der Waals surface area contributed by atoms with Crippen LogP contribution >= 0.6 is 0 Å². The first-order valence-corrected chi connectivity index (χ1v) is 7.09. The van der Waals surface area contributed by atoms with Gasteiger partial charge >= 0.3 is 5.97 Å². The zero-order valence-electron chi connectivity index (χ0n) is 12.6. The molecule has 0 saturated carbocycles. The molecule has 6 heteroatoms. The maximum atomic E-state index is 13.2. The van der Waals surface area contributed by atoms with Gasteiger partial charge in [0.05, 0.1) is 24.0 Å². The largest absolute Gasteiger partial charge is 0.465 e. The summed E-state index contributed by atoms with van der Waals surface area (Å²) in [6, 6.07) is 8.74. The van der Waals surface area contributed by atoms with Crippen LogP contribution in [-0.2, 0) is 9.53 Å². The van der Waals surface area contributed by atoms with Crippen molar-refractivity contribution >= 4 is 23.3 Å². The number of nitrogens with one attached hydrogen (secondary N) is 2. The summed E-state index contributed by atoms with van der Waals surface area (Å²) in [5.41, 5.74) is 2.91. The average Bonchev–Trinajstić information content (AvgIpc) is 2.55. The molecule has 0 aliphatic carbocycles. The Hall–Kier alpha value is -2.89. The van der Waals surface area contributed by atoms with Crippen LogP contribution in [0.1, 0.15) is 17.3 Å². The van der Waals surface area contributed by atoms with Crippen LogP contribution in [0.3, 0.4) is 0 Å². The summed E-state index contributed by atoms with van der Waals surface area (Å²) >= 11 is 0. The Balaban J connectivity index is 2.20. The summed E-state index contributed by atoms with van der Waals surface area (Å²) in [4.78, 5) is 23.7. The molecular formula is C17H15FN2O3. The highest BCUT2D eigenvalue weighted by Gasteiger charge is 2.26. The predicted octanol–water partition coefficient (Wildman–Crippen LogP) is 3.03. The van der Waals surface area contributed by atoms with E-state index in [2.05, 4.69) is 10.6 Å². The number of amides is 1. The van der Waals surface area contributed by atoms with Crippen molar-refractivity contribution in [3.8, 4) is 11.1 Å². The second kappa shape index (κ2) is 5.72. The molecule has 23 heavy (non-hydrogen) atoms. The first kappa shape index (κ1) is 15.0. The zero-order valence-corrected chi connectivity index (χ0v) is 12.6. The van der Waals surface area contributed by atoms with Crippen molar-refractivity contribution in [3.63, 3.8) is 0 Å². The van der Waals surface area contributed by atoms with Gasteiger partial charge in [-0.05, 0) is 36.8 Å². The Labute approximate surface area is 132 Å². The van der Waals surface area contributed by atoms with E-state index < -0.39 is 12.0 Å². The van der Waals surface area contributed by atoms with E-state index >= 15 is 0 Å². The number of hydrogen-bond acceptors (Lipinski definition) is 4. The summed E-state index contributed by atoms with van der Waals surface area (Å²) < 4.78 is 17.9. The third-order valence-corrected chi connectivity index (χ3v) is 3.73. The Morgan fingerprint density at radius 1 is 1.22 bits per heavy atom. The Kier molecular flexibility index (Phi) is 3.73. The van der Waals surface area contributed by atoms with E-state index in [0.29, 0.717) is 22.5 Å². The van der Waals surface area contributed by atoms with Crippen molar-refractivity contribution in [2.24, 2.45) is 0 Å². The summed E-state index contributed by atoms with van der Waals surface area (Å²) in [5, 5.41) is 5.88. The average molecular weight is 314 g/mol. The molecule has 1 heterocycles. The number of carbonyl (C=O) groups is 2. The first-order valence-electron chi connectivity index (χ1n) is 7.09. The van der Waals surface area contributed by atoms with Gasteiger partial charge in [-0.2, -0.15) is 0 Å². The third kappa shape index (κ3) is 2.75. The molecule has 1 amide bonds. The van der Waals surface area contributed by atoms with Gasteiger partial charge in [-0.15, -0.1) is 0 Å². The number of fused-ring (bicyclic) bond motifs is 1. The maximum absolute atomic E-state index is 13.2. The van der Waals surface area contributed by atoms with Crippen LogP contribution in [0.25, 0.3) is 11.1 Å². The molecular weight excluding hydrogens is 299 g/mol. The van der Waals surface area contributed by atoms with Gasteiger partial charge < -0.3 is 15.4 Å². The highest BCUT2D eigenvalue weighted by molar-refractivity contribution is 6.08. The lowest BCUT2D eigenvalue weighted by Gasteiger charge is -2.27. The fourth-order valence-corrected chi connectivity index (χ4v) is 2.51. The zero-order chi connectivity index (χ0) is 16.6. The van der Waals surface area contributed by atoms with Crippen molar-refractivity contribution in [1.82, 2.24) is 0 Å². The minimum Gasteiger partial charge on any atom is -0.465 e. The van der Waals surface area contributed by atoms with E-state index in [4.69, 9.17) is 4.74 Å². The SMILES string of the molecule is COC(=O)c1cc2c(c(-c3ccc(F)cc3)c1)NC(C)C(=O)N2. The topological polar surface area (TPSA) is 67.4 Å². The summed E-state index contributed by atoms with van der Waals surface area (Å²) in [5.74, 6) is -1.05. The quantitative estimate of drug-likeness (QED) is 0.836. The number of hydrogen-bond donors (Lipinski definition) is 2. The molecule has 1 atom stereocenters. The lowest BCUT2D eigenvalue weighted by molar-refractivity contribution is -0.116. The molecule has 1 aliphatic heterocycles. The molecule has 1 unspecified atom stereocenters. The second-order valence-electron chi connectivity index (χ2n) is 5.30. The molecule has 0 radical (unpaired) electrons. The lowest BCUT2D eigenvalue weighted by atomic mass is 9.97. The number of carbonyl (C=O) groups excluding carboxylic acids is 2. The molecule has 3 rings (SSSR count). The highest BCUT2D eigenvalue weighted by atomic mass is 19.1. The summed E-state index contributed by atoms with van der Waals surface area (Å²) in [7, 11) is 1.29. The molecule has 118 valence electrons. The fourth-order valence-electron chi connectivity index (χ4n) is 2.51. The molecule has 0 spiro atoms.